The van der Waals surface area contributed by atoms with E-state index in [1.807, 2.05) is 71.5 Å². The quantitative estimate of drug-likeness (QED) is 0.187. The Hall–Kier alpha value is -5.78. The number of rotatable bonds is 9. The maximum Gasteiger partial charge on any atom is 0.168 e. The number of anilines is 4. The smallest absolute Gasteiger partial charge is 0.168 e. The Morgan fingerprint density at radius 2 is 1.31 bits per heavy atom. The van der Waals surface area contributed by atoms with Gasteiger partial charge < -0.3 is 23.7 Å². The second-order valence-corrected chi connectivity index (χ2v) is 12.4. The van der Waals surface area contributed by atoms with Crippen LogP contribution in [0.25, 0.3) is 22.1 Å². The third-order valence-corrected chi connectivity index (χ3v) is 9.27. The predicted molar refractivity (Wildman–Crippen MR) is 197 cm³/mol. The zero-order valence-electron chi connectivity index (χ0n) is 29.9. The van der Waals surface area contributed by atoms with Gasteiger partial charge in [0, 0.05) is 53.4 Å². The molecule has 1 aliphatic heterocycles. The number of nitrogens with zero attached hydrogens (tertiary/aromatic N) is 12. The van der Waals surface area contributed by atoms with Crippen molar-refractivity contribution in [3.8, 4) is 6.07 Å². The van der Waals surface area contributed by atoms with Gasteiger partial charge in [0.2, 0.25) is 0 Å². The average Bonchev–Trinajstić information content (AvgIpc) is 3.75. The molecule has 0 saturated carbocycles. The highest BCUT2D eigenvalue weighted by atomic mass is 16.5. The van der Waals surface area contributed by atoms with Gasteiger partial charge in [-0.1, -0.05) is 13.8 Å². The number of morpholine rings is 1. The molecular formula is C37H42N12O2. The third-order valence-electron chi connectivity index (χ3n) is 9.27. The molecule has 14 heteroatoms. The summed E-state index contributed by atoms with van der Waals surface area (Å²) in [6.45, 7) is 6.97. The van der Waals surface area contributed by atoms with Crippen molar-refractivity contribution in [2.45, 2.75) is 32.7 Å². The Kier molecular flexibility index (Phi) is 10.6. The van der Waals surface area contributed by atoms with Crippen molar-refractivity contribution in [1.82, 2.24) is 43.9 Å². The molecule has 7 heterocycles. The lowest BCUT2D eigenvalue weighted by Crippen LogP contribution is -2.38. The van der Waals surface area contributed by atoms with Crippen LogP contribution in [0.4, 0.5) is 23.0 Å². The molecule has 1 aliphatic rings. The number of aryl methyl sites for hydroxylation is 4. The molecule has 7 rings (SSSR count). The molecule has 1 saturated heterocycles. The van der Waals surface area contributed by atoms with E-state index in [0.29, 0.717) is 18.9 Å². The van der Waals surface area contributed by atoms with Crippen LogP contribution in [0.2, 0.25) is 0 Å². The fourth-order valence-electron chi connectivity index (χ4n) is 6.22. The molecular weight excluding hydrogens is 644 g/mol. The van der Waals surface area contributed by atoms with E-state index >= 15 is 0 Å². The minimum Gasteiger partial charge on any atom is -0.379 e. The van der Waals surface area contributed by atoms with Gasteiger partial charge >= 0.3 is 0 Å². The molecule has 6 aromatic rings. The number of pyridine rings is 4. The number of imidazole rings is 2. The number of carbonyl (C=O) groups is 1. The van der Waals surface area contributed by atoms with Crippen molar-refractivity contribution in [3.05, 3.63) is 84.2 Å². The van der Waals surface area contributed by atoms with Gasteiger partial charge in [0.25, 0.3) is 0 Å². The van der Waals surface area contributed by atoms with E-state index in [0.717, 1.165) is 94.1 Å². The maximum atomic E-state index is 10.9. The summed E-state index contributed by atoms with van der Waals surface area (Å²) in [6.07, 6.45) is 13.1. The first-order valence-corrected chi connectivity index (χ1v) is 16.9. The predicted octanol–water partition coefficient (Wildman–Crippen LogP) is 5.10. The lowest BCUT2D eigenvalue weighted by atomic mass is 10.1. The van der Waals surface area contributed by atoms with E-state index in [4.69, 9.17) is 4.74 Å². The molecule has 262 valence electrons. The Labute approximate surface area is 297 Å². The number of hydrogen-bond donors (Lipinski definition) is 0. The number of ether oxygens (including phenoxy) is 1. The number of fused-ring (bicyclic) bond motifs is 2. The summed E-state index contributed by atoms with van der Waals surface area (Å²) < 4.78 is 9.36. The van der Waals surface area contributed by atoms with Crippen molar-refractivity contribution in [3.63, 3.8) is 0 Å². The minimum absolute atomic E-state index is 0.354. The number of hydrogen-bond acceptors (Lipinski definition) is 12. The number of aromatic nitrogens is 8. The van der Waals surface area contributed by atoms with Crippen LogP contribution in [0.15, 0.2) is 61.7 Å². The van der Waals surface area contributed by atoms with Gasteiger partial charge in [-0.05, 0) is 36.1 Å². The van der Waals surface area contributed by atoms with E-state index in [2.05, 4.69) is 60.8 Å². The normalized spacial score (nSPS) is 13.7. The molecule has 0 N–H and O–H groups in total. The Balaban J connectivity index is 0.000000183. The fourth-order valence-corrected chi connectivity index (χ4v) is 6.22. The lowest BCUT2D eigenvalue weighted by Gasteiger charge is -2.30. The second kappa shape index (κ2) is 15.4. The van der Waals surface area contributed by atoms with Crippen LogP contribution in [-0.4, -0.2) is 90.6 Å². The maximum absolute atomic E-state index is 10.9. The summed E-state index contributed by atoms with van der Waals surface area (Å²) in [5.74, 6) is 1.64. The number of aldehydes is 1. The number of nitriles is 1. The Morgan fingerprint density at radius 3 is 1.82 bits per heavy atom. The summed E-state index contributed by atoms with van der Waals surface area (Å²) in [5, 5.41) is 9.76. The topological polar surface area (TPSA) is 147 Å². The molecule has 1 unspecified atom stereocenters. The third kappa shape index (κ3) is 7.26. The van der Waals surface area contributed by atoms with Gasteiger partial charge in [-0.25, -0.2) is 19.9 Å². The molecule has 0 amide bonds. The van der Waals surface area contributed by atoms with E-state index < -0.39 is 0 Å². The van der Waals surface area contributed by atoms with Gasteiger partial charge in [0.05, 0.1) is 84.8 Å². The van der Waals surface area contributed by atoms with Crippen molar-refractivity contribution in [2.75, 3.05) is 50.2 Å². The van der Waals surface area contributed by atoms with Gasteiger partial charge in [-0.2, -0.15) is 5.26 Å². The van der Waals surface area contributed by atoms with Crippen LogP contribution >= 0.6 is 0 Å². The van der Waals surface area contributed by atoms with Crippen LogP contribution in [0, 0.1) is 11.3 Å². The molecule has 1 atom stereocenters. The molecule has 0 aromatic carbocycles. The molecule has 0 bridgehead atoms. The average molecular weight is 687 g/mol. The molecule has 0 radical (unpaired) electrons. The minimum atomic E-state index is -0.354. The first-order valence-electron chi connectivity index (χ1n) is 16.9. The van der Waals surface area contributed by atoms with Gasteiger partial charge in [0.15, 0.2) is 6.29 Å². The molecule has 0 aliphatic carbocycles. The standard InChI is InChI=1S/C21H25N7O.C16H17N5O/c1-4-15-9-16(19(11-22)28-5-7-29-8-6-28)23-13-20(15)27(3)21-10-18-17(12-24-21)25-14-26(18)2;1-4-11-5-12(9-22)17-8-15(11)21(3)16-6-14-13(7-18-16)19-10-20(14)2/h9-10,12-14,19H,4-8H2,1-3H3;5-10H,4H2,1-3H3. The first kappa shape index (κ1) is 35.1. The van der Waals surface area contributed by atoms with Gasteiger partial charge in [0.1, 0.15) is 34.4 Å². The first-order chi connectivity index (χ1) is 24.8. The summed E-state index contributed by atoms with van der Waals surface area (Å²) in [6, 6.07) is 9.96. The van der Waals surface area contributed by atoms with Gasteiger partial charge in [-0.15, -0.1) is 0 Å². The van der Waals surface area contributed by atoms with E-state index in [1.54, 1.807) is 31.2 Å². The SMILES string of the molecule is CCc1cc(C(C#N)N2CCOCC2)ncc1N(C)c1cc2c(cn1)ncn2C.CCc1cc(C=O)ncc1N(C)c1cc2c(cn1)ncn2C. The van der Waals surface area contributed by atoms with Crippen LogP contribution in [0.3, 0.4) is 0 Å². The van der Waals surface area contributed by atoms with Crippen LogP contribution in [-0.2, 0) is 31.7 Å². The van der Waals surface area contributed by atoms with Crippen molar-refractivity contribution in [1.29, 1.82) is 5.26 Å². The van der Waals surface area contributed by atoms with E-state index in [-0.39, 0.29) is 6.04 Å². The molecule has 14 nitrogen and oxygen atoms in total. The van der Waals surface area contributed by atoms with Crippen molar-refractivity contribution in [2.24, 2.45) is 14.1 Å². The lowest BCUT2D eigenvalue weighted by molar-refractivity contribution is 0.0259. The highest BCUT2D eigenvalue weighted by molar-refractivity contribution is 5.80. The van der Waals surface area contributed by atoms with Crippen LogP contribution < -0.4 is 9.80 Å². The van der Waals surface area contributed by atoms with E-state index in [9.17, 15) is 10.1 Å². The number of carbonyl (C=O) groups excluding carboxylic acids is 1. The van der Waals surface area contributed by atoms with Crippen molar-refractivity contribution >= 4 is 51.4 Å². The Bertz CT molecular complexity index is 2200. The highest BCUT2D eigenvalue weighted by Crippen LogP contribution is 2.31. The summed E-state index contributed by atoms with van der Waals surface area (Å²) in [5.41, 5.74) is 9.16. The largest absolute Gasteiger partial charge is 0.379 e. The fraction of sp³-hybridized carbons (Fsp3) is 0.351. The summed E-state index contributed by atoms with van der Waals surface area (Å²) >= 11 is 0. The van der Waals surface area contributed by atoms with Crippen LogP contribution in [0.1, 0.15) is 47.2 Å². The monoisotopic (exact) mass is 686 g/mol. The summed E-state index contributed by atoms with van der Waals surface area (Å²) in [7, 11) is 7.86. The molecule has 6 aromatic heterocycles. The molecule has 0 spiro atoms. The van der Waals surface area contributed by atoms with Crippen LogP contribution in [0.5, 0.6) is 0 Å². The Morgan fingerprint density at radius 1 is 0.784 bits per heavy atom. The zero-order chi connectivity index (χ0) is 36.1. The van der Waals surface area contributed by atoms with Gasteiger partial charge in [-0.3, -0.25) is 19.7 Å². The highest BCUT2D eigenvalue weighted by Gasteiger charge is 2.25. The molecule has 1 fully saturated rings. The summed E-state index contributed by atoms with van der Waals surface area (Å²) in [4.78, 5) is 43.5. The van der Waals surface area contributed by atoms with Crippen molar-refractivity contribution < 1.29 is 9.53 Å². The second-order valence-electron chi connectivity index (χ2n) is 12.4. The molecule has 51 heavy (non-hydrogen) atoms. The zero-order valence-corrected chi connectivity index (χ0v) is 29.9. The van der Waals surface area contributed by atoms with E-state index in [1.165, 1.54) is 0 Å².